The maximum atomic E-state index is 11.4. The van der Waals surface area contributed by atoms with Crippen LogP contribution in [0.3, 0.4) is 0 Å². The minimum absolute atomic E-state index is 0.412. The first-order chi connectivity index (χ1) is 7.60. The van der Waals surface area contributed by atoms with E-state index in [1.165, 1.54) is 19.3 Å². The molecular weight excluding hydrogens is 220 g/mol. The Balaban J connectivity index is 2.47. The van der Waals surface area contributed by atoms with E-state index in [1.807, 2.05) is 11.8 Å². The topological polar surface area (TPSA) is 37.3 Å². The smallest absolute Gasteiger partial charge is 0.310 e. The molecule has 0 heterocycles. The molecule has 16 heavy (non-hydrogen) atoms. The third-order valence-corrected chi connectivity index (χ3v) is 5.13. The third kappa shape index (κ3) is 3.69. The van der Waals surface area contributed by atoms with Crippen molar-refractivity contribution in [1.29, 1.82) is 0 Å². The van der Waals surface area contributed by atoms with Crippen LogP contribution in [0.5, 0.6) is 0 Å². The zero-order chi connectivity index (χ0) is 12.0. The SMILES string of the molecule is CCCC(C)SCC1(C(=O)O)CCCCC1. The standard InChI is InChI=1S/C13H24O2S/c1-3-7-11(2)16-10-13(12(14)15)8-5-4-6-9-13/h11H,3-10H2,1-2H3,(H,14,15). The summed E-state index contributed by atoms with van der Waals surface area (Å²) in [6.07, 6.45) is 7.55. The van der Waals surface area contributed by atoms with E-state index in [4.69, 9.17) is 0 Å². The summed E-state index contributed by atoms with van der Waals surface area (Å²) >= 11 is 1.85. The van der Waals surface area contributed by atoms with Gasteiger partial charge in [-0.2, -0.15) is 11.8 Å². The van der Waals surface area contributed by atoms with E-state index in [0.29, 0.717) is 5.25 Å². The highest BCUT2D eigenvalue weighted by atomic mass is 32.2. The van der Waals surface area contributed by atoms with Gasteiger partial charge in [0.15, 0.2) is 0 Å². The second kappa shape index (κ2) is 6.53. The molecule has 0 amide bonds. The summed E-state index contributed by atoms with van der Waals surface area (Å²) in [5.41, 5.74) is -0.412. The van der Waals surface area contributed by atoms with Crippen LogP contribution in [0.1, 0.15) is 58.8 Å². The van der Waals surface area contributed by atoms with Crippen LogP contribution in [0.25, 0.3) is 0 Å². The number of thioether (sulfide) groups is 1. The number of aliphatic carboxylic acids is 1. The number of carboxylic acids is 1. The van der Waals surface area contributed by atoms with Gasteiger partial charge < -0.3 is 5.11 Å². The van der Waals surface area contributed by atoms with E-state index < -0.39 is 11.4 Å². The minimum atomic E-state index is -0.566. The van der Waals surface area contributed by atoms with E-state index in [2.05, 4.69) is 13.8 Å². The first-order valence-corrected chi connectivity index (χ1v) is 7.50. The van der Waals surface area contributed by atoms with Crippen LogP contribution < -0.4 is 0 Å². The fourth-order valence-electron chi connectivity index (χ4n) is 2.44. The molecule has 0 aromatic heterocycles. The van der Waals surface area contributed by atoms with Gasteiger partial charge in [0.25, 0.3) is 0 Å². The highest BCUT2D eigenvalue weighted by molar-refractivity contribution is 7.99. The molecular formula is C13H24O2S. The van der Waals surface area contributed by atoms with E-state index in [1.54, 1.807) is 0 Å². The summed E-state index contributed by atoms with van der Waals surface area (Å²) in [5, 5.41) is 10.0. The number of rotatable bonds is 6. The van der Waals surface area contributed by atoms with E-state index >= 15 is 0 Å². The van der Waals surface area contributed by atoms with Crippen LogP contribution in [-0.2, 0) is 4.79 Å². The number of hydrogen-bond donors (Lipinski definition) is 1. The Morgan fingerprint density at radius 3 is 2.50 bits per heavy atom. The van der Waals surface area contributed by atoms with Gasteiger partial charge in [-0.3, -0.25) is 4.79 Å². The number of carbonyl (C=O) groups is 1. The molecule has 1 aliphatic rings. The van der Waals surface area contributed by atoms with Gasteiger partial charge in [0.05, 0.1) is 5.41 Å². The van der Waals surface area contributed by atoms with Crippen molar-refractivity contribution in [2.75, 3.05) is 5.75 Å². The largest absolute Gasteiger partial charge is 0.481 e. The molecule has 1 unspecified atom stereocenters. The van der Waals surface area contributed by atoms with Gasteiger partial charge in [-0.15, -0.1) is 0 Å². The van der Waals surface area contributed by atoms with Crippen molar-refractivity contribution in [3.63, 3.8) is 0 Å². The van der Waals surface area contributed by atoms with E-state index in [9.17, 15) is 9.90 Å². The molecule has 0 bridgehead atoms. The Hall–Kier alpha value is -0.180. The van der Waals surface area contributed by atoms with E-state index in [0.717, 1.165) is 31.4 Å². The first-order valence-electron chi connectivity index (χ1n) is 6.46. The molecule has 0 radical (unpaired) electrons. The van der Waals surface area contributed by atoms with Crippen molar-refractivity contribution in [1.82, 2.24) is 0 Å². The first kappa shape index (κ1) is 13.9. The molecule has 1 saturated carbocycles. The van der Waals surface area contributed by atoms with E-state index in [-0.39, 0.29) is 0 Å². The van der Waals surface area contributed by atoms with Crippen molar-refractivity contribution >= 4 is 17.7 Å². The highest BCUT2D eigenvalue weighted by Crippen LogP contribution is 2.40. The number of carboxylic acid groups (broad SMARTS) is 1. The van der Waals surface area contributed by atoms with Crippen molar-refractivity contribution < 1.29 is 9.90 Å². The maximum Gasteiger partial charge on any atom is 0.310 e. The quantitative estimate of drug-likeness (QED) is 0.769. The molecule has 1 rings (SSSR count). The van der Waals surface area contributed by atoms with Gasteiger partial charge in [-0.05, 0) is 19.3 Å². The molecule has 0 saturated heterocycles. The lowest BCUT2D eigenvalue weighted by Crippen LogP contribution is -2.36. The van der Waals surface area contributed by atoms with Crippen molar-refractivity contribution in [3.8, 4) is 0 Å². The fourth-order valence-corrected chi connectivity index (χ4v) is 3.86. The monoisotopic (exact) mass is 244 g/mol. The lowest BCUT2D eigenvalue weighted by Gasteiger charge is -2.33. The maximum absolute atomic E-state index is 11.4. The van der Waals surface area contributed by atoms with Crippen LogP contribution in [0.4, 0.5) is 0 Å². The highest BCUT2D eigenvalue weighted by Gasteiger charge is 2.39. The Kier molecular flexibility index (Phi) is 5.67. The van der Waals surface area contributed by atoms with Crippen LogP contribution in [-0.4, -0.2) is 22.1 Å². The lowest BCUT2D eigenvalue weighted by molar-refractivity contribution is -0.149. The lowest BCUT2D eigenvalue weighted by atomic mass is 9.76. The average molecular weight is 244 g/mol. The van der Waals surface area contributed by atoms with Crippen molar-refractivity contribution in [3.05, 3.63) is 0 Å². The summed E-state index contributed by atoms with van der Waals surface area (Å²) < 4.78 is 0. The molecule has 1 N–H and O–H groups in total. The molecule has 1 aliphatic carbocycles. The zero-order valence-electron chi connectivity index (χ0n) is 10.5. The van der Waals surface area contributed by atoms with Crippen LogP contribution in [0.2, 0.25) is 0 Å². The minimum Gasteiger partial charge on any atom is -0.481 e. The molecule has 0 aliphatic heterocycles. The van der Waals surface area contributed by atoms with Gasteiger partial charge in [-0.1, -0.05) is 39.5 Å². The van der Waals surface area contributed by atoms with Crippen molar-refractivity contribution in [2.45, 2.75) is 64.0 Å². The van der Waals surface area contributed by atoms with Crippen LogP contribution >= 0.6 is 11.8 Å². The second-order valence-corrected chi connectivity index (χ2v) is 6.48. The van der Waals surface area contributed by atoms with Gasteiger partial charge in [0.1, 0.15) is 0 Å². The second-order valence-electron chi connectivity index (χ2n) is 5.06. The summed E-state index contributed by atoms with van der Waals surface area (Å²) in [4.78, 5) is 11.4. The predicted octanol–water partition coefficient (Wildman–Crippen LogP) is 3.94. The third-order valence-electron chi connectivity index (χ3n) is 3.60. The molecule has 0 spiro atoms. The van der Waals surface area contributed by atoms with Crippen LogP contribution in [0, 0.1) is 5.41 Å². The van der Waals surface area contributed by atoms with Crippen LogP contribution in [0.15, 0.2) is 0 Å². The molecule has 1 fully saturated rings. The molecule has 1 atom stereocenters. The van der Waals surface area contributed by atoms with Gasteiger partial charge in [0, 0.05) is 11.0 Å². The normalized spacial score (nSPS) is 21.6. The van der Waals surface area contributed by atoms with Gasteiger partial charge in [-0.25, -0.2) is 0 Å². The molecule has 2 nitrogen and oxygen atoms in total. The molecule has 0 aromatic carbocycles. The summed E-state index contributed by atoms with van der Waals surface area (Å²) in [6, 6.07) is 0. The average Bonchev–Trinajstić information content (AvgIpc) is 2.28. The fraction of sp³-hybridized carbons (Fsp3) is 0.923. The predicted molar refractivity (Wildman–Crippen MR) is 70.0 cm³/mol. The zero-order valence-corrected chi connectivity index (χ0v) is 11.3. The Labute approximate surface area is 103 Å². The summed E-state index contributed by atoms with van der Waals surface area (Å²) in [7, 11) is 0. The Morgan fingerprint density at radius 2 is 2.00 bits per heavy atom. The molecule has 94 valence electrons. The van der Waals surface area contributed by atoms with Gasteiger partial charge in [0.2, 0.25) is 0 Å². The van der Waals surface area contributed by atoms with Gasteiger partial charge >= 0.3 is 5.97 Å². The molecule has 0 aromatic rings. The van der Waals surface area contributed by atoms with Crippen molar-refractivity contribution in [2.24, 2.45) is 5.41 Å². The summed E-state index contributed by atoms with van der Waals surface area (Å²) in [5.74, 6) is 0.243. The summed E-state index contributed by atoms with van der Waals surface area (Å²) in [6.45, 7) is 4.40. The number of hydrogen-bond acceptors (Lipinski definition) is 2. The Bertz CT molecular complexity index is 222. The Morgan fingerprint density at radius 1 is 1.38 bits per heavy atom. The molecule has 3 heteroatoms.